The van der Waals surface area contributed by atoms with E-state index in [4.69, 9.17) is 5.14 Å². The Morgan fingerprint density at radius 1 is 1.29 bits per heavy atom. The van der Waals surface area contributed by atoms with Crippen LogP contribution < -0.4 is 5.14 Å². The van der Waals surface area contributed by atoms with Gasteiger partial charge in [-0.2, -0.15) is 5.10 Å². The van der Waals surface area contributed by atoms with Gasteiger partial charge in [0.2, 0.25) is 10.0 Å². The molecule has 0 radical (unpaired) electrons. The van der Waals surface area contributed by atoms with Crippen molar-refractivity contribution in [1.29, 1.82) is 0 Å². The van der Waals surface area contributed by atoms with Crippen LogP contribution >= 0.6 is 15.9 Å². The average Bonchev–Trinajstić information content (AvgIpc) is 2.69. The summed E-state index contributed by atoms with van der Waals surface area (Å²) in [6.07, 6.45) is 2.66. The lowest BCUT2D eigenvalue weighted by atomic mass is 10.2. The van der Waals surface area contributed by atoms with Gasteiger partial charge in [0.25, 0.3) is 0 Å². The molecule has 0 atom stereocenters. The second kappa shape index (κ2) is 4.59. The van der Waals surface area contributed by atoms with Gasteiger partial charge >= 0.3 is 0 Å². The van der Waals surface area contributed by atoms with Crippen LogP contribution in [0.15, 0.2) is 46.0 Å². The minimum Gasteiger partial charge on any atom is -0.267 e. The zero-order chi connectivity index (χ0) is 12.5. The minimum atomic E-state index is -3.67. The van der Waals surface area contributed by atoms with Crippen LogP contribution in [0.1, 0.15) is 5.56 Å². The highest BCUT2D eigenvalue weighted by molar-refractivity contribution is 9.10. The van der Waals surface area contributed by atoms with Crippen molar-refractivity contribution >= 4 is 26.0 Å². The fourth-order valence-electron chi connectivity index (χ4n) is 1.35. The highest BCUT2D eigenvalue weighted by Crippen LogP contribution is 2.12. The summed E-state index contributed by atoms with van der Waals surface area (Å²) in [5.41, 5.74) is 1.03. The molecule has 5 nitrogen and oxygen atoms in total. The predicted molar refractivity (Wildman–Crippen MR) is 66.8 cm³/mol. The van der Waals surface area contributed by atoms with E-state index in [1.807, 2.05) is 24.3 Å². The number of halogens is 1. The molecule has 1 aromatic heterocycles. The molecule has 0 bridgehead atoms. The van der Waals surface area contributed by atoms with Gasteiger partial charge < -0.3 is 0 Å². The molecule has 0 spiro atoms. The summed E-state index contributed by atoms with van der Waals surface area (Å²) in [4.78, 5) is 0.0228. The zero-order valence-electron chi connectivity index (χ0n) is 8.75. The molecule has 7 heteroatoms. The van der Waals surface area contributed by atoms with E-state index in [-0.39, 0.29) is 4.90 Å². The second-order valence-corrected chi connectivity index (χ2v) is 6.02. The van der Waals surface area contributed by atoms with Crippen molar-refractivity contribution in [2.75, 3.05) is 0 Å². The lowest BCUT2D eigenvalue weighted by Gasteiger charge is -2.01. The lowest BCUT2D eigenvalue weighted by molar-refractivity contribution is 0.597. The van der Waals surface area contributed by atoms with Crippen molar-refractivity contribution < 1.29 is 8.42 Å². The van der Waals surface area contributed by atoms with Gasteiger partial charge in [0.05, 0.1) is 12.7 Å². The molecule has 2 aromatic rings. The van der Waals surface area contributed by atoms with E-state index in [2.05, 4.69) is 21.0 Å². The Labute approximate surface area is 107 Å². The van der Waals surface area contributed by atoms with Crippen molar-refractivity contribution in [3.05, 3.63) is 46.7 Å². The highest BCUT2D eigenvalue weighted by atomic mass is 79.9. The third-order valence-electron chi connectivity index (χ3n) is 2.20. The standard InChI is InChI=1S/C10H10BrN3O2S/c11-9-3-1-8(2-4-9)6-14-7-10(5-13-14)17(12,15)16/h1-5,7H,6H2,(H2,12,15,16). The first-order valence-electron chi connectivity index (χ1n) is 4.75. The fourth-order valence-corrected chi connectivity index (χ4v) is 2.08. The van der Waals surface area contributed by atoms with Crippen molar-refractivity contribution in [2.45, 2.75) is 11.4 Å². The maximum Gasteiger partial charge on any atom is 0.241 e. The van der Waals surface area contributed by atoms with E-state index < -0.39 is 10.0 Å². The quantitative estimate of drug-likeness (QED) is 0.928. The maximum absolute atomic E-state index is 11.1. The number of hydrogen-bond donors (Lipinski definition) is 1. The van der Waals surface area contributed by atoms with Gasteiger partial charge in [0.15, 0.2) is 0 Å². The fraction of sp³-hybridized carbons (Fsp3) is 0.100. The predicted octanol–water partition coefficient (Wildman–Crippen LogP) is 1.34. The topological polar surface area (TPSA) is 78.0 Å². The molecule has 0 aliphatic rings. The Hall–Kier alpha value is -1.18. The van der Waals surface area contributed by atoms with Gasteiger partial charge in [-0.3, -0.25) is 4.68 Å². The van der Waals surface area contributed by atoms with Crippen LogP contribution in [0.25, 0.3) is 0 Å². The molecule has 0 unspecified atom stereocenters. The van der Waals surface area contributed by atoms with Crippen LogP contribution in [0.5, 0.6) is 0 Å². The molecule has 0 fully saturated rings. The van der Waals surface area contributed by atoms with Gasteiger partial charge in [-0.25, -0.2) is 13.6 Å². The number of nitrogens with zero attached hydrogens (tertiary/aromatic N) is 2. The molecular formula is C10H10BrN3O2S. The smallest absolute Gasteiger partial charge is 0.241 e. The summed E-state index contributed by atoms with van der Waals surface area (Å²) in [6.45, 7) is 0.503. The monoisotopic (exact) mass is 315 g/mol. The molecule has 0 saturated heterocycles. The first-order valence-corrected chi connectivity index (χ1v) is 7.09. The Morgan fingerprint density at radius 2 is 1.94 bits per heavy atom. The minimum absolute atomic E-state index is 0.0228. The Kier molecular flexibility index (Phi) is 3.32. The molecule has 1 aromatic carbocycles. The van der Waals surface area contributed by atoms with Crippen molar-refractivity contribution in [2.24, 2.45) is 5.14 Å². The average molecular weight is 316 g/mol. The van der Waals surface area contributed by atoms with Crippen LogP contribution in [0.4, 0.5) is 0 Å². The lowest BCUT2D eigenvalue weighted by Crippen LogP contribution is -2.11. The van der Waals surface area contributed by atoms with E-state index in [0.717, 1.165) is 10.0 Å². The molecule has 0 aliphatic carbocycles. The van der Waals surface area contributed by atoms with Crippen LogP contribution in [0.2, 0.25) is 0 Å². The van der Waals surface area contributed by atoms with Crippen molar-refractivity contribution in [3.8, 4) is 0 Å². The summed E-state index contributed by atoms with van der Waals surface area (Å²) in [5, 5.41) is 8.94. The molecular weight excluding hydrogens is 306 g/mol. The Balaban J connectivity index is 2.20. The summed E-state index contributed by atoms with van der Waals surface area (Å²) in [5.74, 6) is 0. The summed E-state index contributed by atoms with van der Waals surface area (Å²) >= 11 is 3.34. The Bertz CT molecular complexity index is 619. The molecule has 0 aliphatic heterocycles. The summed E-state index contributed by atoms with van der Waals surface area (Å²) < 4.78 is 24.6. The molecule has 0 amide bonds. The van der Waals surface area contributed by atoms with E-state index in [9.17, 15) is 8.42 Å². The number of sulfonamides is 1. The number of aromatic nitrogens is 2. The molecule has 1 heterocycles. The number of benzene rings is 1. The van der Waals surface area contributed by atoms with Gasteiger partial charge in [0, 0.05) is 10.7 Å². The summed E-state index contributed by atoms with van der Waals surface area (Å²) in [6, 6.07) is 7.70. The summed E-state index contributed by atoms with van der Waals surface area (Å²) in [7, 11) is -3.67. The SMILES string of the molecule is NS(=O)(=O)c1cnn(Cc2ccc(Br)cc2)c1. The van der Waals surface area contributed by atoms with E-state index in [0.29, 0.717) is 6.54 Å². The van der Waals surface area contributed by atoms with Crippen LogP contribution in [0.3, 0.4) is 0 Å². The largest absolute Gasteiger partial charge is 0.267 e. The maximum atomic E-state index is 11.1. The first-order chi connectivity index (χ1) is 7.95. The third-order valence-corrected chi connectivity index (χ3v) is 3.59. The number of nitrogens with two attached hydrogens (primary N) is 1. The van der Waals surface area contributed by atoms with Crippen LogP contribution in [0, 0.1) is 0 Å². The normalized spacial score (nSPS) is 11.6. The van der Waals surface area contributed by atoms with Crippen LogP contribution in [-0.2, 0) is 16.6 Å². The first kappa shape index (κ1) is 12.3. The molecule has 2 rings (SSSR count). The third kappa shape index (κ3) is 3.15. The molecule has 17 heavy (non-hydrogen) atoms. The van der Waals surface area contributed by atoms with E-state index in [1.54, 1.807) is 0 Å². The molecule has 90 valence electrons. The van der Waals surface area contributed by atoms with Crippen molar-refractivity contribution in [3.63, 3.8) is 0 Å². The van der Waals surface area contributed by atoms with E-state index >= 15 is 0 Å². The Morgan fingerprint density at radius 3 is 2.47 bits per heavy atom. The second-order valence-electron chi connectivity index (χ2n) is 3.55. The highest BCUT2D eigenvalue weighted by Gasteiger charge is 2.10. The van der Waals surface area contributed by atoms with Gasteiger partial charge in [0.1, 0.15) is 4.90 Å². The van der Waals surface area contributed by atoms with Crippen molar-refractivity contribution in [1.82, 2.24) is 9.78 Å². The number of primary sulfonamides is 1. The number of rotatable bonds is 3. The molecule has 0 saturated carbocycles. The van der Waals surface area contributed by atoms with Gasteiger partial charge in [-0.15, -0.1) is 0 Å². The van der Waals surface area contributed by atoms with Gasteiger partial charge in [-0.05, 0) is 17.7 Å². The zero-order valence-corrected chi connectivity index (χ0v) is 11.1. The number of hydrogen-bond acceptors (Lipinski definition) is 3. The van der Waals surface area contributed by atoms with E-state index in [1.165, 1.54) is 17.1 Å². The van der Waals surface area contributed by atoms with Crippen LogP contribution in [-0.4, -0.2) is 18.2 Å². The molecule has 2 N–H and O–H groups in total. The van der Waals surface area contributed by atoms with Gasteiger partial charge in [-0.1, -0.05) is 28.1 Å².